The normalized spacial score (nSPS) is 19.5. The molecule has 1 aliphatic carbocycles. The van der Waals surface area contributed by atoms with Crippen molar-refractivity contribution < 1.29 is 4.74 Å². The summed E-state index contributed by atoms with van der Waals surface area (Å²) < 4.78 is 5.88. The fourth-order valence-electron chi connectivity index (χ4n) is 5.47. The maximum absolute atomic E-state index is 6.49. The Morgan fingerprint density at radius 2 is 1.77 bits per heavy atom. The van der Waals surface area contributed by atoms with Crippen LogP contribution in [-0.2, 0) is 6.61 Å². The molecule has 0 saturated carbocycles. The van der Waals surface area contributed by atoms with Crippen LogP contribution in [-0.4, -0.2) is 6.21 Å². The number of allylic oxidation sites excluding steroid dienone is 2. The van der Waals surface area contributed by atoms with Crippen molar-refractivity contribution in [2.75, 3.05) is 5.32 Å². The van der Waals surface area contributed by atoms with E-state index < -0.39 is 0 Å². The van der Waals surface area contributed by atoms with Crippen LogP contribution in [0, 0.1) is 12.8 Å². The van der Waals surface area contributed by atoms with E-state index >= 15 is 0 Å². The Morgan fingerprint density at radius 1 is 0.923 bits per heavy atom. The summed E-state index contributed by atoms with van der Waals surface area (Å²) in [6.45, 7) is 2.46. The molecule has 0 aromatic heterocycles. The van der Waals surface area contributed by atoms with Crippen LogP contribution in [0.3, 0.4) is 0 Å². The second-order valence-electron chi connectivity index (χ2n) is 10.1. The van der Waals surface area contributed by atoms with Crippen molar-refractivity contribution in [1.82, 2.24) is 0 Å². The monoisotopic (exact) mass is 572 g/mol. The number of hydrogen-bond acceptors (Lipinski definition) is 3. The Morgan fingerprint density at radius 3 is 2.56 bits per heavy atom. The Hall–Kier alpha value is -3.24. The van der Waals surface area contributed by atoms with Gasteiger partial charge >= 0.3 is 0 Å². The lowest BCUT2D eigenvalue weighted by Gasteiger charge is -2.37. The first-order valence-electron chi connectivity index (χ1n) is 13.0. The van der Waals surface area contributed by atoms with Crippen molar-refractivity contribution in [3.05, 3.63) is 134 Å². The summed E-state index contributed by atoms with van der Waals surface area (Å²) >= 11 is 18.7. The number of rotatable bonds is 6. The molecule has 6 heteroatoms. The molecular weight excluding hydrogens is 547 g/mol. The quantitative estimate of drug-likeness (QED) is 0.184. The Bertz CT molecular complexity index is 1580. The summed E-state index contributed by atoms with van der Waals surface area (Å²) in [6, 6.07) is 26.5. The molecule has 0 spiro atoms. The fourth-order valence-corrected chi connectivity index (χ4v) is 6.18. The van der Waals surface area contributed by atoms with E-state index in [9.17, 15) is 0 Å². The zero-order chi connectivity index (χ0) is 26.9. The van der Waals surface area contributed by atoms with Gasteiger partial charge in [0.2, 0.25) is 0 Å². The molecule has 6 rings (SSSR count). The molecule has 196 valence electrons. The lowest BCUT2D eigenvalue weighted by molar-refractivity contribution is 0.306. The van der Waals surface area contributed by atoms with Gasteiger partial charge in [0.1, 0.15) is 12.4 Å². The first-order valence-corrected chi connectivity index (χ1v) is 14.1. The van der Waals surface area contributed by atoms with Crippen LogP contribution in [0.1, 0.15) is 46.2 Å². The van der Waals surface area contributed by atoms with Crippen molar-refractivity contribution in [1.29, 1.82) is 0 Å². The first-order chi connectivity index (χ1) is 18.9. The van der Waals surface area contributed by atoms with Gasteiger partial charge in [0.25, 0.3) is 0 Å². The molecule has 4 aromatic carbocycles. The largest absolute Gasteiger partial charge is 0.487 e. The Labute approximate surface area is 244 Å². The molecule has 3 atom stereocenters. The predicted octanol–water partition coefficient (Wildman–Crippen LogP) is 10.1. The van der Waals surface area contributed by atoms with E-state index in [4.69, 9.17) is 39.5 Å². The third-order valence-corrected chi connectivity index (χ3v) is 8.37. The van der Waals surface area contributed by atoms with Gasteiger partial charge in [-0.15, -0.1) is 0 Å². The van der Waals surface area contributed by atoms with E-state index in [1.807, 2.05) is 30.5 Å². The van der Waals surface area contributed by atoms with Gasteiger partial charge in [-0.3, -0.25) is 4.99 Å². The SMILES string of the molecule is Cc1ccc2c(c1)[C@@H]1C=CC[C@H]1[C@H](c1ccc(N=Cc3ccc(OCc4ccc(Cl)cc4Cl)c(Cl)c3)cc1)N2. The summed E-state index contributed by atoms with van der Waals surface area (Å²) in [4.78, 5) is 4.67. The number of ether oxygens (including phenoxy) is 1. The topological polar surface area (TPSA) is 33.6 Å². The molecule has 3 nitrogen and oxygen atoms in total. The van der Waals surface area contributed by atoms with Crippen LogP contribution >= 0.6 is 34.8 Å². The van der Waals surface area contributed by atoms with Crippen LogP contribution in [0.25, 0.3) is 0 Å². The number of hydrogen-bond donors (Lipinski definition) is 1. The molecule has 0 amide bonds. The average Bonchev–Trinajstić information content (AvgIpc) is 3.43. The van der Waals surface area contributed by atoms with Gasteiger partial charge in [-0.25, -0.2) is 0 Å². The number of anilines is 1. The molecular formula is C33H27Cl3N2O. The number of nitrogens with one attached hydrogen (secondary N) is 1. The van der Waals surface area contributed by atoms with Crippen LogP contribution in [0.4, 0.5) is 11.4 Å². The number of halogens is 3. The summed E-state index contributed by atoms with van der Waals surface area (Å²) in [5, 5.41) is 5.47. The van der Waals surface area contributed by atoms with E-state index in [0.29, 0.717) is 39.3 Å². The lowest BCUT2D eigenvalue weighted by atomic mass is 9.76. The number of aliphatic imine (C=N–C) groups is 1. The summed E-state index contributed by atoms with van der Waals surface area (Å²) in [7, 11) is 0. The third-order valence-electron chi connectivity index (χ3n) is 7.49. The fraction of sp³-hybridized carbons (Fsp3) is 0.182. The molecule has 4 aromatic rings. The number of fused-ring (bicyclic) bond motifs is 3. The van der Waals surface area contributed by atoms with Crippen LogP contribution < -0.4 is 10.1 Å². The van der Waals surface area contributed by atoms with Crippen molar-refractivity contribution in [2.24, 2.45) is 10.9 Å². The molecule has 1 N–H and O–H groups in total. The molecule has 0 radical (unpaired) electrons. The van der Waals surface area contributed by atoms with Gasteiger partial charge in [0, 0.05) is 33.4 Å². The van der Waals surface area contributed by atoms with Crippen molar-refractivity contribution in [3.63, 3.8) is 0 Å². The predicted molar refractivity (Wildman–Crippen MR) is 163 cm³/mol. The van der Waals surface area contributed by atoms with E-state index in [0.717, 1.165) is 23.2 Å². The smallest absolute Gasteiger partial charge is 0.138 e. The minimum Gasteiger partial charge on any atom is -0.487 e. The summed E-state index contributed by atoms with van der Waals surface area (Å²) in [6.07, 6.45) is 7.61. The van der Waals surface area contributed by atoms with Gasteiger partial charge in [0.15, 0.2) is 0 Å². The second-order valence-corrected chi connectivity index (χ2v) is 11.4. The molecule has 0 bridgehead atoms. The van der Waals surface area contributed by atoms with Gasteiger partial charge in [-0.2, -0.15) is 0 Å². The van der Waals surface area contributed by atoms with Gasteiger partial charge in [-0.1, -0.05) is 82.9 Å². The zero-order valence-corrected chi connectivity index (χ0v) is 23.6. The van der Waals surface area contributed by atoms with E-state index in [-0.39, 0.29) is 6.04 Å². The molecule has 0 saturated heterocycles. The molecule has 1 heterocycles. The highest BCUT2D eigenvalue weighted by molar-refractivity contribution is 6.35. The van der Waals surface area contributed by atoms with Gasteiger partial charge in [-0.05, 0) is 84.5 Å². The van der Waals surface area contributed by atoms with Crippen molar-refractivity contribution >= 4 is 52.4 Å². The van der Waals surface area contributed by atoms with E-state index in [2.05, 4.69) is 71.8 Å². The summed E-state index contributed by atoms with van der Waals surface area (Å²) in [5.74, 6) is 1.57. The number of nitrogens with zero attached hydrogens (tertiary/aromatic N) is 1. The molecule has 1 aliphatic heterocycles. The molecule has 0 unspecified atom stereocenters. The third kappa shape index (κ3) is 5.58. The van der Waals surface area contributed by atoms with Crippen LogP contribution in [0.15, 0.2) is 96.0 Å². The zero-order valence-electron chi connectivity index (χ0n) is 21.4. The average molecular weight is 574 g/mol. The van der Waals surface area contributed by atoms with Gasteiger partial charge in [0.05, 0.1) is 16.8 Å². The van der Waals surface area contributed by atoms with E-state index in [1.165, 1.54) is 22.4 Å². The highest BCUT2D eigenvalue weighted by Crippen LogP contribution is 2.50. The highest BCUT2D eigenvalue weighted by Gasteiger charge is 2.37. The minimum absolute atomic E-state index is 0.271. The maximum atomic E-state index is 6.49. The molecule has 39 heavy (non-hydrogen) atoms. The first kappa shape index (κ1) is 26.0. The second kappa shape index (κ2) is 11.1. The van der Waals surface area contributed by atoms with Crippen molar-refractivity contribution in [2.45, 2.75) is 31.9 Å². The van der Waals surface area contributed by atoms with Crippen molar-refractivity contribution in [3.8, 4) is 5.75 Å². The number of benzene rings is 4. The minimum atomic E-state index is 0.271. The van der Waals surface area contributed by atoms with Crippen LogP contribution in [0.5, 0.6) is 5.75 Å². The lowest BCUT2D eigenvalue weighted by Crippen LogP contribution is -2.29. The Balaban J connectivity index is 1.12. The van der Waals surface area contributed by atoms with Crippen LogP contribution in [0.2, 0.25) is 15.1 Å². The highest BCUT2D eigenvalue weighted by atomic mass is 35.5. The summed E-state index contributed by atoms with van der Waals surface area (Å²) in [5.41, 5.74) is 7.86. The Kier molecular flexibility index (Phi) is 7.40. The van der Waals surface area contributed by atoms with Gasteiger partial charge < -0.3 is 10.1 Å². The van der Waals surface area contributed by atoms with E-state index in [1.54, 1.807) is 12.1 Å². The molecule has 2 aliphatic rings. The standard InChI is InChI=1S/C33H27Cl3N2O/c1-20-5-13-31-28(15-20)26-3-2-4-27(26)33(38-31)22-8-11-25(12-9-22)37-18-21-6-14-32(30(36)16-21)39-19-23-7-10-24(34)17-29(23)35/h2-3,5-18,26-27,33,38H,4,19H2,1H3/t26-,27-,33+/m1/s1. The molecule has 0 fully saturated rings. The maximum Gasteiger partial charge on any atom is 0.138 e. The number of aryl methyl sites for hydroxylation is 1.